The Labute approximate surface area is 67.0 Å². The Bertz CT molecular complexity index is 264. The summed E-state index contributed by atoms with van der Waals surface area (Å²) in [6, 6.07) is 7.68. The number of hydrogen-bond donors (Lipinski definition) is 1. The molecule has 58 valence electrons. The zero-order chi connectivity index (χ0) is 8.32. The maximum absolute atomic E-state index is 9.24. The molecule has 0 saturated carbocycles. The fourth-order valence-corrected chi connectivity index (χ4v) is 0.682. The van der Waals surface area contributed by atoms with E-state index in [1.165, 1.54) is 0 Å². The van der Waals surface area contributed by atoms with E-state index >= 15 is 0 Å². The molecule has 11 heavy (non-hydrogen) atoms. The van der Waals surface area contributed by atoms with Crippen molar-refractivity contribution in [3.8, 4) is 11.8 Å². The van der Waals surface area contributed by atoms with Gasteiger partial charge in [0.15, 0.2) is 0 Å². The molecule has 1 aromatic carbocycles. The van der Waals surface area contributed by atoms with Gasteiger partial charge in [0.25, 0.3) is 0 Å². The van der Waals surface area contributed by atoms with Crippen molar-refractivity contribution in [1.82, 2.24) is 0 Å². The molecule has 1 N–H and O–H groups in total. The van der Waals surface area contributed by atoms with Gasteiger partial charge in [0.1, 0.15) is 5.60 Å². The zero-order valence-electron chi connectivity index (χ0n) is 6.76. The minimum absolute atomic E-state index is 0.892. The van der Waals surface area contributed by atoms with Gasteiger partial charge in [-0.25, -0.2) is 0 Å². The molecule has 0 unspecified atom stereocenters. The lowest BCUT2D eigenvalue weighted by Crippen LogP contribution is -2.14. The standard InChI is InChI=1S/C10H11O/c1-10(2,11)8-7-9-5-3-4-6-9/h3-6,11H,1-2H3/q-1. The van der Waals surface area contributed by atoms with E-state index in [1.54, 1.807) is 13.8 Å². The van der Waals surface area contributed by atoms with E-state index in [4.69, 9.17) is 0 Å². The number of aliphatic hydroxyl groups is 1. The Morgan fingerprint density at radius 2 is 2.27 bits per heavy atom. The summed E-state index contributed by atoms with van der Waals surface area (Å²) in [5.41, 5.74) is 0.0594. The highest BCUT2D eigenvalue weighted by atomic mass is 16.3. The van der Waals surface area contributed by atoms with Gasteiger partial charge in [-0.05, 0) is 13.8 Å². The monoisotopic (exact) mass is 147 g/mol. The molecule has 0 heterocycles. The molecule has 1 rings (SSSR count). The van der Waals surface area contributed by atoms with Gasteiger partial charge in [0.2, 0.25) is 0 Å². The van der Waals surface area contributed by atoms with Gasteiger partial charge in [0, 0.05) is 0 Å². The molecular weight excluding hydrogens is 136 g/mol. The quantitative estimate of drug-likeness (QED) is 0.436. The van der Waals surface area contributed by atoms with Gasteiger partial charge < -0.3 is 5.11 Å². The van der Waals surface area contributed by atoms with Crippen molar-refractivity contribution in [3.05, 3.63) is 29.8 Å². The molecular formula is C10H11O-. The van der Waals surface area contributed by atoms with E-state index in [1.807, 2.05) is 24.3 Å². The van der Waals surface area contributed by atoms with Crippen molar-refractivity contribution < 1.29 is 5.11 Å². The van der Waals surface area contributed by atoms with Crippen molar-refractivity contribution in [3.63, 3.8) is 0 Å². The summed E-state index contributed by atoms with van der Waals surface area (Å²) >= 11 is 0. The van der Waals surface area contributed by atoms with E-state index in [-0.39, 0.29) is 0 Å². The second-order valence-electron chi connectivity index (χ2n) is 2.98. The average molecular weight is 147 g/mol. The number of hydrogen-bond acceptors (Lipinski definition) is 1. The van der Waals surface area contributed by atoms with Crippen molar-refractivity contribution in [1.29, 1.82) is 0 Å². The SMILES string of the molecule is CC(C)(O)C#Cc1ccc[cH-]1. The summed E-state index contributed by atoms with van der Waals surface area (Å²) in [6.45, 7) is 3.34. The predicted molar refractivity (Wildman–Crippen MR) is 45.2 cm³/mol. The molecule has 0 bridgehead atoms. The first-order valence-electron chi connectivity index (χ1n) is 3.55. The van der Waals surface area contributed by atoms with E-state index in [2.05, 4.69) is 11.8 Å². The zero-order valence-corrected chi connectivity index (χ0v) is 6.76. The van der Waals surface area contributed by atoms with Crippen LogP contribution in [0.3, 0.4) is 0 Å². The molecule has 1 nitrogen and oxygen atoms in total. The molecule has 0 aliphatic heterocycles. The fourth-order valence-electron chi connectivity index (χ4n) is 0.682. The molecule has 0 radical (unpaired) electrons. The molecule has 0 saturated heterocycles. The highest BCUT2D eigenvalue weighted by Gasteiger charge is 2.03. The van der Waals surface area contributed by atoms with E-state index in [0.717, 1.165) is 5.56 Å². The van der Waals surface area contributed by atoms with Crippen molar-refractivity contribution in [2.75, 3.05) is 0 Å². The lowest BCUT2D eigenvalue weighted by molar-refractivity contribution is 0.143. The Kier molecular flexibility index (Phi) is 2.07. The molecule has 1 aromatic rings. The largest absolute Gasteiger partial charge is 0.379 e. The Balaban J connectivity index is 2.74. The van der Waals surface area contributed by atoms with Crippen LogP contribution in [0.1, 0.15) is 19.4 Å². The van der Waals surface area contributed by atoms with Crippen LogP contribution in [0, 0.1) is 11.8 Å². The lowest BCUT2D eigenvalue weighted by atomic mass is 10.1. The summed E-state index contributed by atoms with van der Waals surface area (Å²) in [6.07, 6.45) is 0. The van der Waals surface area contributed by atoms with E-state index in [9.17, 15) is 5.11 Å². The van der Waals surface area contributed by atoms with Crippen LogP contribution in [0.15, 0.2) is 24.3 Å². The molecule has 0 aromatic heterocycles. The van der Waals surface area contributed by atoms with Gasteiger partial charge in [-0.3, -0.25) is 0 Å². The van der Waals surface area contributed by atoms with Gasteiger partial charge in [0.05, 0.1) is 0 Å². The first-order chi connectivity index (χ1) is 5.08. The van der Waals surface area contributed by atoms with Crippen LogP contribution in [-0.2, 0) is 0 Å². The third-order valence-electron chi connectivity index (χ3n) is 1.18. The van der Waals surface area contributed by atoms with Gasteiger partial charge in [-0.1, -0.05) is 0 Å². The molecule has 0 aliphatic carbocycles. The fraction of sp³-hybridized carbons (Fsp3) is 0.300. The van der Waals surface area contributed by atoms with Crippen LogP contribution in [0.2, 0.25) is 0 Å². The minimum atomic E-state index is -0.892. The van der Waals surface area contributed by atoms with Crippen molar-refractivity contribution in [2.45, 2.75) is 19.4 Å². The summed E-state index contributed by atoms with van der Waals surface area (Å²) < 4.78 is 0. The number of rotatable bonds is 0. The van der Waals surface area contributed by atoms with Crippen LogP contribution in [-0.4, -0.2) is 10.7 Å². The maximum atomic E-state index is 9.24. The third-order valence-corrected chi connectivity index (χ3v) is 1.18. The van der Waals surface area contributed by atoms with Crippen LogP contribution in [0.4, 0.5) is 0 Å². The second-order valence-corrected chi connectivity index (χ2v) is 2.98. The summed E-state index contributed by atoms with van der Waals surface area (Å²) in [7, 11) is 0. The van der Waals surface area contributed by atoms with Crippen LogP contribution < -0.4 is 0 Å². The predicted octanol–water partition coefficient (Wildman–Crippen LogP) is 1.53. The first-order valence-corrected chi connectivity index (χ1v) is 3.55. The first kappa shape index (κ1) is 7.97. The van der Waals surface area contributed by atoms with Crippen LogP contribution in [0.5, 0.6) is 0 Å². The second kappa shape index (κ2) is 2.86. The van der Waals surface area contributed by atoms with Crippen LogP contribution >= 0.6 is 0 Å². The molecule has 0 amide bonds. The van der Waals surface area contributed by atoms with Crippen molar-refractivity contribution in [2.24, 2.45) is 0 Å². The Morgan fingerprint density at radius 3 is 2.73 bits per heavy atom. The molecule has 0 fully saturated rings. The van der Waals surface area contributed by atoms with E-state index in [0.29, 0.717) is 0 Å². The average Bonchev–Trinajstić information content (AvgIpc) is 2.32. The summed E-state index contributed by atoms with van der Waals surface area (Å²) in [4.78, 5) is 0. The Morgan fingerprint density at radius 1 is 1.55 bits per heavy atom. The molecule has 1 heteroatoms. The smallest absolute Gasteiger partial charge is 0.110 e. The highest BCUT2D eigenvalue weighted by Crippen LogP contribution is 2.00. The molecule has 0 atom stereocenters. The van der Waals surface area contributed by atoms with Crippen LogP contribution in [0.25, 0.3) is 0 Å². The minimum Gasteiger partial charge on any atom is -0.379 e. The Hall–Kier alpha value is -1.13. The van der Waals surface area contributed by atoms with Gasteiger partial charge in [-0.2, -0.15) is 24.1 Å². The summed E-state index contributed by atoms with van der Waals surface area (Å²) in [5, 5.41) is 9.24. The topological polar surface area (TPSA) is 20.2 Å². The van der Waals surface area contributed by atoms with Crippen molar-refractivity contribution >= 4 is 0 Å². The van der Waals surface area contributed by atoms with E-state index < -0.39 is 5.60 Å². The van der Waals surface area contributed by atoms with Gasteiger partial charge in [-0.15, -0.1) is 17.6 Å². The normalized spacial score (nSPS) is 10.5. The lowest BCUT2D eigenvalue weighted by Gasteiger charge is -2.07. The highest BCUT2D eigenvalue weighted by molar-refractivity contribution is 5.36. The summed E-state index contributed by atoms with van der Waals surface area (Å²) in [5.74, 6) is 5.59. The maximum Gasteiger partial charge on any atom is 0.110 e. The molecule has 0 aliphatic rings. The third kappa shape index (κ3) is 2.97. The van der Waals surface area contributed by atoms with Gasteiger partial charge >= 0.3 is 0 Å². The molecule has 0 spiro atoms.